The molecule has 1 aromatic heterocycles. The number of hydrogen-bond donors (Lipinski definition) is 2. The van der Waals surface area contributed by atoms with E-state index >= 15 is 0 Å². The van der Waals surface area contributed by atoms with Crippen molar-refractivity contribution < 1.29 is 4.79 Å². The highest BCUT2D eigenvalue weighted by molar-refractivity contribution is 5.91. The third-order valence-electron chi connectivity index (χ3n) is 3.79. The zero-order valence-corrected chi connectivity index (χ0v) is 14.3. The maximum absolute atomic E-state index is 12.3. The molecule has 0 bridgehead atoms. The van der Waals surface area contributed by atoms with Crippen molar-refractivity contribution in [1.82, 2.24) is 10.3 Å². The molecule has 2 rings (SSSR count). The number of carbonyl (C=O) groups is 1. The quantitative estimate of drug-likeness (QED) is 0.844. The number of benzene rings is 1. The largest absolute Gasteiger partial charge is 0.334 e. The molecule has 0 aliphatic heterocycles. The zero-order chi connectivity index (χ0) is 16.8. The van der Waals surface area contributed by atoms with E-state index in [0.29, 0.717) is 18.4 Å². The number of para-hydroxylation sites is 1. The standard InChI is InChI=1S/C19H25N3O/c1-13(2)16-8-5-9-17(14(3)4)18(16)22-19(23)21-12-15-7-6-10-20-11-15/h5-11,13-14H,12H2,1-4H3,(H2,21,22,23). The molecule has 23 heavy (non-hydrogen) atoms. The first-order chi connectivity index (χ1) is 11.0. The van der Waals surface area contributed by atoms with Crippen molar-refractivity contribution in [2.75, 3.05) is 5.32 Å². The monoisotopic (exact) mass is 311 g/mol. The van der Waals surface area contributed by atoms with E-state index in [1.807, 2.05) is 12.1 Å². The van der Waals surface area contributed by atoms with Crippen LogP contribution in [0.3, 0.4) is 0 Å². The Kier molecular flexibility index (Phi) is 5.74. The lowest BCUT2D eigenvalue weighted by Gasteiger charge is -2.20. The summed E-state index contributed by atoms with van der Waals surface area (Å²) in [6.07, 6.45) is 3.47. The van der Waals surface area contributed by atoms with Crippen LogP contribution >= 0.6 is 0 Å². The minimum Gasteiger partial charge on any atom is -0.334 e. The van der Waals surface area contributed by atoms with Crippen molar-refractivity contribution in [3.05, 3.63) is 59.4 Å². The van der Waals surface area contributed by atoms with E-state index in [2.05, 4.69) is 61.5 Å². The van der Waals surface area contributed by atoms with Crippen LogP contribution in [0.4, 0.5) is 10.5 Å². The minimum absolute atomic E-state index is 0.191. The molecule has 122 valence electrons. The third kappa shape index (κ3) is 4.55. The lowest BCUT2D eigenvalue weighted by Crippen LogP contribution is -2.29. The Balaban J connectivity index is 2.13. The molecule has 4 nitrogen and oxygen atoms in total. The summed E-state index contributed by atoms with van der Waals surface area (Å²) in [6.45, 7) is 9.01. The molecule has 0 aliphatic carbocycles. The molecule has 1 heterocycles. The number of amides is 2. The number of hydrogen-bond acceptors (Lipinski definition) is 2. The molecule has 0 saturated heterocycles. The molecule has 0 spiro atoms. The van der Waals surface area contributed by atoms with Crippen molar-refractivity contribution in [1.29, 1.82) is 0 Å². The van der Waals surface area contributed by atoms with Crippen molar-refractivity contribution >= 4 is 11.7 Å². The Morgan fingerprint density at radius 1 is 1.04 bits per heavy atom. The van der Waals surface area contributed by atoms with Gasteiger partial charge < -0.3 is 10.6 Å². The van der Waals surface area contributed by atoms with Gasteiger partial charge in [-0.2, -0.15) is 0 Å². The van der Waals surface area contributed by atoms with Crippen LogP contribution in [0.15, 0.2) is 42.7 Å². The topological polar surface area (TPSA) is 54.0 Å². The number of carbonyl (C=O) groups excluding carboxylic acids is 1. The van der Waals surface area contributed by atoms with Crippen molar-refractivity contribution in [2.24, 2.45) is 0 Å². The van der Waals surface area contributed by atoms with Crippen molar-refractivity contribution in [2.45, 2.75) is 46.1 Å². The summed E-state index contributed by atoms with van der Waals surface area (Å²) in [5, 5.41) is 5.93. The second kappa shape index (κ2) is 7.77. The molecular formula is C19H25N3O. The van der Waals surface area contributed by atoms with Crippen molar-refractivity contribution in [3.63, 3.8) is 0 Å². The van der Waals surface area contributed by atoms with Crippen molar-refractivity contribution in [3.8, 4) is 0 Å². The fourth-order valence-corrected chi connectivity index (χ4v) is 2.54. The number of aromatic nitrogens is 1. The fourth-order valence-electron chi connectivity index (χ4n) is 2.54. The first-order valence-electron chi connectivity index (χ1n) is 8.05. The smallest absolute Gasteiger partial charge is 0.319 e. The number of urea groups is 1. The molecular weight excluding hydrogens is 286 g/mol. The first-order valence-corrected chi connectivity index (χ1v) is 8.05. The Labute approximate surface area is 138 Å². The van der Waals surface area contributed by atoms with E-state index in [-0.39, 0.29) is 6.03 Å². The van der Waals surface area contributed by atoms with Crippen LogP contribution in [-0.2, 0) is 6.54 Å². The summed E-state index contributed by atoms with van der Waals surface area (Å²) in [4.78, 5) is 16.3. The SMILES string of the molecule is CC(C)c1cccc(C(C)C)c1NC(=O)NCc1cccnc1. The number of pyridine rings is 1. The number of anilines is 1. The summed E-state index contributed by atoms with van der Waals surface area (Å²) >= 11 is 0. The van der Waals surface area contributed by atoms with Crippen LogP contribution in [0.1, 0.15) is 56.2 Å². The zero-order valence-electron chi connectivity index (χ0n) is 14.3. The summed E-state index contributed by atoms with van der Waals surface area (Å²) in [5.74, 6) is 0.699. The highest BCUT2D eigenvalue weighted by Crippen LogP contribution is 2.32. The fraction of sp³-hybridized carbons (Fsp3) is 0.368. The van der Waals surface area contributed by atoms with Crippen LogP contribution in [0.25, 0.3) is 0 Å². The maximum atomic E-state index is 12.3. The minimum atomic E-state index is -0.191. The summed E-state index contributed by atoms with van der Waals surface area (Å²) in [6, 6.07) is 9.82. The van der Waals surface area contributed by atoms with E-state index < -0.39 is 0 Å². The van der Waals surface area contributed by atoms with Crippen LogP contribution in [0.2, 0.25) is 0 Å². The highest BCUT2D eigenvalue weighted by atomic mass is 16.2. The molecule has 0 radical (unpaired) electrons. The summed E-state index contributed by atoms with van der Waals surface area (Å²) < 4.78 is 0. The lowest BCUT2D eigenvalue weighted by molar-refractivity contribution is 0.251. The number of nitrogens with zero attached hydrogens (tertiary/aromatic N) is 1. The average molecular weight is 311 g/mol. The second-order valence-electron chi connectivity index (χ2n) is 6.29. The molecule has 2 N–H and O–H groups in total. The molecule has 4 heteroatoms. The maximum Gasteiger partial charge on any atom is 0.319 e. The predicted octanol–water partition coefficient (Wildman–Crippen LogP) is 4.65. The van der Waals surface area contributed by atoms with E-state index in [1.54, 1.807) is 12.4 Å². The Bertz CT molecular complexity index is 625. The molecule has 0 fully saturated rings. The Hall–Kier alpha value is -2.36. The molecule has 0 saturated carbocycles. The summed E-state index contributed by atoms with van der Waals surface area (Å²) in [7, 11) is 0. The van der Waals surface area contributed by atoms with Gasteiger partial charge in [0, 0.05) is 24.6 Å². The van der Waals surface area contributed by atoms with E-state index in [1.165, 1.54) is 0 Å². The summed E-state index contributed by atoms with van der Waals surface area (Å²) in [5.41, 5.74) is 4.23. The molecule has 1 aromatic carbocycles. The van der Waals surface area contributed by atoms with Gasteiger partial charge in [0.1, 0.15) is 0 Å². The van der Waals surface area contributed by atoms with Crippen LogP contribution in [-0.4, -0.2) is 11.0 Å². The van der Waals surface area contributed by atoms with Gasteiger partial charge in [-0.15, -0.1) is 0 Å². The molecule has 0 aliphatic rings. The lowest BCUT2D eigenvalue weighted by atomic mass is 9.93. The normalized spacial score (nSPS) is 10.9. The van der Waals surface area contributed by atoms with Gasteiger partial charge in [0.25, 0.3) is 0 Å². The van der Waals surface area contributed by atoms with Gasteiger partial charge in [-0.05, 0) is 34.6 Å². The van der Waals surface area contributed by atoms with E-state index in [4.69, 9.17) is 0 Å². The van der Waals surface area contributed by atoms with Gasteiger partial charge in [-0.25, -0.2) is 4.79 Å². The Morgan fingerprint density at radius 3 is 2.22 bits per heavy atom. The number of nitrogens with one attached hydrogen (secondary N) is 2. The predicted molar refractivity (Wildman–Crippen MR) is 94.7 cm³/mol. The van der Waals surface area contributed by atoms with Gasteiger partial charge in [-0.3, -0.25) is 4.98 Å². The highest BCUT2D eigenvalue weighted by Gasteiger charge is 2.15. The average Bonchev–Trinajstić information content (AvgIpc) is 2.53. The van der Waals surface area contributed by atoms with Gasteiger partial charge in [0.2, 0.25) is 0 Å². The molecule has 2 aromatic rings. The van der Waals surface area contributed by atoms with Crippen LogP contribution in [0.5, 0.6) is 0 Å². The van der Waals surface area contributed by atoms with Gasteiger partial charge in [0.15, 0.2) is 0 Å². The van der Waals surface area contributed by atoms with Crippen LogP contribution < -0.4 is 10.6 Å². The van der Waals surface area contributed by atoms with Gasteiger partial charge in [0.05, 0.1) is 0 Å². The number of rotatable bonds is 5. The Morgan fingerprint density at radius 2 is 1.70 bits per heavy atom. The van der Waals surface area contributed by atoms with Gasteiger partial charge in [-0.1, -0.05) is 52.0 Å². The molecule has 2 amide bonds. The second-order valence-corrected chi connectivity index (χ2v) is 6.29. The van der Waals surface area contributed by atoms with Crippen LogP contribution in [0, 0.1) is 0 Å². The van der Waals surface area contributed by atoms with E-state index in [0.717, 1.165) is 22.4 Å². The molecule has 0 atom stereocenters. The van der Waals surface area contributed by atoms with Gasteiger partial charge >= 0.3 is 6.03 Å². The third-order valence-corrected chi connectivity index (χ3v) is 3.79. The first kappa shape index (κ1) is 17.0. The van der Waals surface area contributed by atoms with E-state index in [9.17, 15) is 4.79 Å². The molecule has 0 unspecified atom stereocenters.